The van der Waals surface area contributed by atoms with Crippen LogP contribution in [0.25, 0.3) is 0 Å². The molecule has 0 unspecified atom stereocenters. The smallest absolute Gasteiger partial charge is 0.338 e. The molecule has 5 nitrogen and oxygen atoms in total. The average Bonchev–Trinajstić information content (AvgIpc) is 2.89. The van der Waals surface area contributed by atoms with Gasteiger partial charge in [0.1, 0.15) is 12.3 Å². The maximum atomic E-state index is 11.6. The molecule has 6 heteroatoms. The van der Waals surface area contributed by atoms with Crippen molar-refractivity contribution in [3.05, 3.63) is 60.9 Å². The van der Waals surface area contributed by atoms with Gasteiger partial charge in [0.15, 0.2) is 12.4 Å². The molecule has 0 aliphatic carbocycles. The molecular formula is C31H46BrN3O2. The molecular weight excluding hydrogens is 526 g/mol. The molecule has 0 N–H and O–H groups in total. The quantitative estimate of drug-likeness (QED) is 0.0492. The van der Waals surface area contributed by atoms with Crippen LogP contribution in [0.15, 0.2) is 71.2 Å². The minimum Gasteiger partial charge on any atom is -1.00 e. The van der Waals surface area contributed by atoms with Gasteiger partial charge in [-0.05, 0) is 37.6 Å². The summed E-state index contributed by atoms with van der Waals surface area (Å²) in [5.74, 6) is 0.0299. The number of ether oxygens (including phenoxy) is 1. The number of nitrogens with zero attached hydrogens (tertiary/aromatic N) is 3. The van der Waals surface area contributed by atoms with Crippen LogP contribution in [0, 0.1) is 0 Å². The Morgan fingerprint density at radius 2 is 1.16 bits per heavy atom. The zero-order chi connectivity index (χ0) is 25.8. The Morgan fingerprint density at radius 3 is 1.62 bits per heavy atom. The van der Waals surface area contributed by atoms with Crippen molar-refractivity contribution in [3.63, 3.8) is 0 Å². The number of hydrogen-bond acceptors (Lipinski definition) is 4. The van der Waals surface area contributed by atoms with Crippen LogP contribution in [-0.4, -0.2) is 5.97 Å². The molecule has 1 heterocycles. The highest BCUT2D eigenvalue weighted by molar-refractivity contribution is 5.88. The molecule has 0 amide bonds. The molecule has 0 spiro atoms. The number of halogens is 1. The van der Waals surface area contributed by atoms with Crippen molar-refractivity contribution in [1.29, 1.82) is 0 Å². The third kappa shape index (κ3) is 15.5. The highest BCUT2D eigenvalue weighted by Crippen LogP contribution is 2.21. The van der Waals surface area contributed by atoms with Gasteiger partial charge in [-0.2, -0.15) is 10.2 Å². The SMILES string of the molecule is C=C(C)C(=O)Oc1ccc(N=Nc2cc[n+](CCCCCCCCCCCCCCCC)cc2)cc1.[Br-]. The number of carbonyl (C=O) groups is 1. The summed E-state index contributed by atoms with van der Waals surface area (Å²) in [7, 11) is 0. The minimum absolute atomic E-state index is 0. The van der Waals surface area contributed by atoms with Gasteiger partial charge in [-0.25, -0.2) is 9.36 Å². The van der Waals surface area contributed by atoms with Crippen molar-refractivity contribution in [2.45, 2.75) is 110 Å². The topological polar surface area (TPSA) is 54.9 Å². The summed E-state index contributed by atoms with van der Waals surface area (Å²) in [6.45, 7) is 8.52. The van der Waals surface area contributed by atoms with E-state index in [9.17, 15) is 4.79 Å². The van der Waals surface area contributed by atoms with E-state index < -0.39 is 5.97 Å². The van der Waals surface area contributed by atoms with Crippen LogP contribution in [0.5, 0.6) is 5.75 Å². The fourth-order valence-electron chi connectivity index (χ4n) is 4.04. The molecule has 204 valence electrons. The van der Waals surface area contributed by atoms with Crippen LogP contribution in [0.1, 0.15) is 104 Å². The molecule has 0 aliphatic heterocycles. The molecule has 0 bridgehead atoms. The summed E-state index contributed by atoms with van der Waals surface area (Å²) in [5.41, 5.74) is 1.87. The molecule has 1 aromatic carbocycles. The Kier molecular flexibility index (Phi) is 18.3. The van der Waals surface area contributed by atoms with Gasteiger partial charge in [-0.1, -0.05) is 90.6 Å². The summed E-state index contributed by atoms with van der Waals surface area (Å²) in [6.07, 6.45) is 23.5. The van der Waals surface area contributed by atoms with Crippen LogP contribution in [0.4, 0.5) is 11.4 Å². The van der Waals surface area contributed by atoms with Gasteiger partial charge in [0, 0.05) is 24.1 Å². The zero-order valence-electron chi connectivity index (χ0n) is 23.0. The van der Waals surface area contributed by atoms with E-state index in [-0.39, 0.29) is 17.0 Å². The fraction of sp³-hybridized carbons (Fsp3) is 0.548. The van der Waals surface area contributed by atoms with E-state index >= 15 is 0 Å². The second kappa shape index (κ2) is 20.7. The van der Waals surface area contributed by atoms with Crippen LogP contribution in [-0.2, 0) is 11.3 Å². The normalized spacial score (nSPS) is 10.9. The Labute approximate surface area is 235 Å². The number of unbranched alkanes of at least 4 members (excludes halogenated alkanes) is 13. The molecule has 0 saturated heterocycles. The summed E-state index contributed by atoms with van der Waals surface area (Å²) in [5, 5.41) is 8.56. The Morgan fingerprint density at radius 1 is 0.730 bits per heavy atom. The predicted octanol–water partition coefficient (Wildman–Crippen LogP) is 6.36. The summed E-state index contributed by atoms with van der Waals surface area (Å²) < 4.78 is 7.40. The second-order valence-corrected chi connectivity index (χ2v) is 9.75. The van der Waals surface area contributed by atoms with Crippen molar-refractivity contribution in [1.82, 2.24) is 0 Å². The minimum atomic E-state index is -0.434. The van der Waals surface area contributed by atoms with Gasteiger partial charge >= 0.3 is 5.97 Å². The van der Waals surface area contributed by atoms with Gasteiger partial charge in [-0.15, -0.1) is 0 Å². The summed E-state index contributed by atoms with van der Waals surface area (Å²) in [4.78, 5) is 11.6. The van der Waals surface area contributed by atoms with Gasteiger partial charge in [0.05, 0.1) is 11.4 Å². The van der Waals surface area contributed by atoms with Crippen molar-refractivity contribution in [3.8, 4) is 5.75 Å². The number of carbonyl (C=O) groups excluding carboxylic acids is 1. The maximum Gasteiger partial charge on any atom is 0.338 e. The summed E-state index contributed by atoms with van der Waals surface area (Å²) in [6, 6.07) is 10.9. The molecule has 1 aromatic heterocycles. The fourth-order valence-corrected chi connectivity index (χ4v) is 4.04. The lowest BCUT2D eigenvalue weighted by molar-refractivity contribution is -0.697. The van der Waals surface area contributed by atoms with Gasteiger partial charge in [0.2, 0.25) is 0 Å². The Balaban J connectivity index is 0.00000684. The molecule has 0 saturated carbocycles. The molecule has 0 fully saturated rings. The van der Waals surface area contributed by atoms with Crippen LogP contribution < -0.4 is 26.3 Å². The number of rotatable bonds is 19. The van der Waals surface area contributed by atoms with Crippen molar-refractivity contribution < 1.29 is 31.1 Å². The van der Waals surface area contributed by atoms with E-state index in [1.807, 2.05) is 12.1 Å². The first-order valence-corrected chi connectivity index (χ1v) is 14.0. The largest absolute Gasteiger partial charge is 1.00 e. The van der Waals surface area contributed by atoms with E-state index in [0.29, 0.717) is 17.0 Å². The molecule has 2 rings (SSSR count). The standard InChI is InChI=1S/C31H46N3O2.BrH/c1-4-5-6-7-8-9-10-11-12-13-14-15-16-17-24-34-25-22-29(23-26-34)33-32-28-18-20-30(21-19-28)36-31(35)27(2)3;/h18-23,25-26H,2,4-17,24H2,1,3H3;1H/q+1;/p-1. The lowest BCUT2D eigenvalue weighted by Crippen LogP contribution is -3.00. The Bertz CT molecular complexity index is 911. The molecule has 0 atom stereocenters. The van der Waals surface area contributed by atoms with E-state index in [1.165, 1.54) is 89.9 Å². The lowest BCUT2D eigenvalue weighted by Gasteiger charge is -2.03. The molecule has 37 heavy (non-hydrogen) atoms. The van der Waals surface area contributed by atoms with Gasteiger partial charge < -0.3 is 21.7 Å². The first-order valence-electron chi connectivity index (χ1n) is 14.0. The van der Waals surface area contributed by atoms with Crippen molar-refractivity contribution >= 4 is 17.3 Å². The number of hydrogen-bond donors (Lipinski definition) is 0. The lowest BCUT2D eigenvalue weighted by atomic mass is 10.0. The third-order valence-corrected chi connectivity index (χ3v) is 6.32. The van der Waals surface area contributed by atoms with Crippen LogP contribution in [0.2, 0.25) is 0 Å². The van der Waals surface area contributed by atoms with E-state index in [2.05, 4.69) is 40.7 Å². The van der Waals surface area contributed by atoms with Gasteiger partial charge in [-0.3, -0.25) is 0 Å². The highest BCUT2D eigenvalue weighted by atomic mass is 79.9. The number of azo groups is 1. The number of pyridine rings is 1. The number of aromatic nitrogens is 1. The van der Waals surface area contributed by atoms with Crippen molar-refractivity contribution in [2.24, 2.45) is 10.2 Å². The van der Waals surface area contributed by atoms with Gasteiger partial charge in [0.25, 0.3) is 0 Å². The monoisotopic (exact) mass is 571 g/mol. The maximum absolute atomic E-state index is 11.6. The first-order chi connectivity index (χ1) is 17.6. The van der Waals surface area contributed by atoms with Crippen molar-refractivity contribution in [2.75, 3.05) is 0 Å². The molecule has 0 radical (unpaired) electrons. The summed E-state index contributed by atoms with van der Waals surface area (Å²) >= 11 is 0. The molecule has 2 aromatic rings. The first kappa shape index (κ1) is 32.7. The second-order valence-electron chi connectivity index (χ2n) is 9.75. The van der Waals surface area contributed by atoms with Crippen LogP contribution >= 0.6 is 0 Å². The van der Waals surface area contributed by atoms with E-state index in [1.54, 1.807) is 31.2 Å². The van der Waals surface area contributed by atoms with E-state index in [4.69, 9.17) is 4.74 Å². The molecule has 0 aliphatic rings. The van der Waals surface area contributed by atoms with E-state index in [0.717, 1.165) is 12.2 Å². The Hall–Kier alpha value is -2.34. The number of benzene rings is 1. The number of aryl methyl sites for hydroxylation is 1. The zero-order valence-corrected chi connectivity index (χ0v) is 24.6. The average molecular weight is 573 g/mol. The predicted molar refractivity (Wildman–Crippen MR) is 148 cm³/mol. The number of esters is 1. The third-order valence-electron chi connectivity index (χ3n) is 6.32. The highest BCUT2D eigenvalue weighted by Gasteiger charge is 2.05. The van der Waals surface area contributed by atoms with Crippen LogP contribution in [0.3, 0.4) is 0 Å².